The van der Waals surface area contributed by atoms with E-state index < -0.39 is 5.97 Å². The monoisotopic (exact) mass is 227 g/mol. The SMILES string of the molecule is O=C(O)c1cc[c-]cc1.[Pd]. The topological polar surface area (TPSA) is 37.3 Å². The van der Waals surface area contributed by atoms with Crippen LogP contribution >= 0.6 is 0 Å². The number of carboxylic acid groups (broad SMARTS) is 1. The van der Waals surface area contributed by atoms with E-state index in [-0.39, 0.29) is 20.4 Å². The van der Waals surface area contributed by atoms with E-state index in [1.54, 1.807) is 12.1 Å². The molecule has 0 bridgehead atoms. The summed E-state index contributed by atoms with van der Waals surface area (Å²) in [6.07, 6.45) is 0. The van der Waals surface area contributed by atoms with Gasteiger partial charge < -0.3 is 5.11 Å². The van der Waals surface area contributed by atoms with Crippen LogP contribution in [-0.2, 0) is 20.4 Å². The van der Waals surface area contributed by atoms with Gasteiger partial charge in [0.2, 0.25) is 0 Å². The molecule has 0 amide bonds. The second kappa shape index (κ2) is 4.21. The molecule has 1 N–H and O–H groups in total. The molecule has 10 heavy (non-hydrogen) atoms. The Bertz CT molecular complexity index is 208. The van der Waals surface area contributed by atoms with Crippen molar-refractivity contribution in [2.24, 2.45) is 0 Å². The molecular formula is C7H5O2Pd-. The molecule has 0 saturated carbocycles. The fourth-order valence-corrected chi connectivity index (χ4v) is 0.529. The summed E-state index contributed by atoms with van der Waals surface area (Å²) < 4.78 is 0. The van der Waals surface area contributed by atoms with Gasteiger partial charge in [0.15, 0.2) is 0 Å². The zero-order chi connectivity index (χ0) is 6.69. The third-order valence-electron chi connectivity index (χ3n) is 0.965. The first-order valence-corrected chi connectivity index (χ1v) is 2.50. The maximum Gasteiger partial charge on any atom is 0.311 e. The molecule has 0 aliphatic heterocycles. The minimum Gasteiger partial charge on any atom is -0.479 e. The molecular weight excluding hydrogens is 222 g/mol. The van der Waals surface area contributed by atoms with E-state index >= 15 is 0 Å². The van der Waals surface area contributed by atoms with Crippen LogP contribution in [0.5, 0.6) is 0 Å². The predicted molar refractivity (Wildman–Crippen MR) is 32.2 cm³/mol. The molecule has 0 atom stereocenters. The molecule has 0 aliphatic carbocycles. The average Bonchev–Trinajstić information content (AvgIpc) is 1.90. The van der Waals surface area contributed by atoms with Gasteiger partial charge in [0.1, 0.15) is 0 Å². The van der Waals surface area contributed by atoms with Crippen LogP contribution < -0.4 is 0 Å². The molecule has 2 nitrogen and oxygen atoms in total. The summed E-state index contributed by atoms with van der Waals surface area (Å²) in [6.45, 7) is 0. The summed E-state index contributed by atoms with van der Waals surface area (Å²) >= 11 is 0. The zero-order valence-corrected chi connectivity index (χ0v) is 6.54. The van der Waals surface area contributed by atoms with Gasteiger partial charge in [0.05, 0.1) is 0 Å². The average molecular weight is 228 g/mol. The first-order chi connectivity index (χ1) is 4.30. The van der Waals surface area contributed by atoms with E-state index in [9.17, 15) is 4.79 Å². The van der Waals surface area contributed by atoms with Crippen LogP contribution in [-0.4, -0.2) is 11.1 Å². The Morgan fingerprint density at radius 3 is 2.20 bits per heavy atom. The molecule has 0 unspecified atom stereocenters. The number of rotatable bonds is 1. The zero-order valence-electron chi connectivity index (χ0n) is 4.98. The Labute approximate surface area is 72.5 Å². The van der Waals surface area contributed by atoms with Crippen molar-refractivity contribution in [3.05, 3.63) is 35.9 Å². The van der Waals surface area contributed by atoms with Gasteiger partial charge >= 0.3 is 5.97 Å². The summed E-state index contributed by atoms with van der Waals surface area (Å²) in [5.74, 6) is -0.899. The largest absolute Gasteiger partial charge is 0.479 e. The summed E-state index contributed by atoms with van der Waals surface area (Å²) in [5, 5.41) is 8.37. The third-order valence-corrected chi connectivity index (χ3v) is 0.965. The van der Waals surface area contributed by atoms with E-state index in [1.165, 1.54) is 12.1 Å². The number of carboxylic acids is 1. The van der Waals surface area contributed by atoms with Crippen molar-refractivity contribution in [1.82, 2.24) is 0 Å². The summed E-state index contributed by atoms with van der Waals surface area (Å²) in [4.78, 5) is 10.2. The first kappa shape index (κ1) is 9.35. The molecule has 3 heteroatoms. The van der Waals surface area contributed by atoms with Gasteiger partial charge in [-0.05, 0) is 5.56 Å². The van der Waals surface area contributed by atoms with Gasteiger partial charge in [-0.25, -0.2) is 4.79 Å². The van der Waals surface area contributed by atoms with Crippen LogP contribution in [0, 0.1) is 6.07 Å². The molecule has 1 rings (SSSR count). The quantitative estimate of drug-likeness (QED) is 0.578. The molecule has 1 aromatic carbocycles. The Kier molecular flexibility index (Phi) is 3.94. The number of hydrogen-bond acceptors (Lipinski definition) is 1. The molecule has 0 fully saturated rings. The van der Waals surface area contributed by atoms with E-state index in [0.29, 0.717) is 5.56 Å². The number of aromatic carboxylic acids is 1. The van der Waals surface area contributed by atoms with Crippen LogP contribution in [0.3, 0.4) is 0 Å². The van der Waals surface area contributed by atoms with E-state index in [4.69, 9.17) is 5.11 Å². The standard InChI is InChI=1S/C7H5O2.Pd/c8-7(9)6-4-2-1-3-5-6;/h2-5H,(H,8,9);/q-1;. The van der Waals surface area contributed by atoms with Crippen molar-refractivity contribution in [3.63, 3.8) is 0 Å². The second-order valence-corrected chi connectivity index (χ2v) is 1.59. The Balaban J connectivity index is 0.000000810. The molecule has 0 heterocycles. The van der Waals surface area contributed by atoms with Gasteiger partial charge in [-0.15, -0.1) is 0 Å². The van der Waals surface area contributed by atoms with Gasteiger partial charge in [-0.1, -0.05) is 0 Å². The third kappa shape index (κ3) is 2.30. The molecule has 0 saturated heterocycles. The Morgan fingerprint density at radius 2 is 1.90 bits per heavy atom. The minimum atomic E-state index is -0.899. The van der Waals surface area contributed by atoms with Gasteiger partial charge in [0, 0.05) is 20.4 Å². The number of hydrogen-bond donors (Lipinski definition) is 1. The van der Waals surface area contributed by atoms with Crippen LogP contribution in [0.15, 0.2) is 24.3 Å². The van der Waals surface area contributed by atoms with Crippen molar-refractivity contribution >= 4 is 5.97 Å². The molecule has 0 aliphatic rings. The van der Waals surface area contributed by atoms with Crippen LogP contribution in [0.2, 0.25) is 0 Å². The summed E-state index contributed by atoms with van der Waals surface area (Å²) in [6, 6.07) is 8.87. The summed E-state index contributed by atoms with van der Waals surface area (Å²) in [5.41, 5.74) is 0.300. The van der Waals surface area contributed by atoms with Crippen molar-refractivity contribution in [2.75, 3.05) is 0 Å². The fourth-order valence-electron chi connectivity index (χ4n) is 0.529. The smallest absolute Gasteiger partial charge is 0.311 e. The van der Waals surface area contributed by atoms with Gasteiger partial charge in [-0.2, -0.15) is 30.3 Å². The van der Waals surface area contributed by atoms with Crippen LogP contribution in [0.25, 0.3) is 0 Å². The maximum atomic E-state index is 10.2. The summed E-state index contributed by atoms with van der Waals surface area (Å²) in [7, 11) is 0. The molecule has 1 aromatic rings. The Hall–Kier alpha value is -0.648. The molecule has 0 aromatic heterocycles. The predicted octanol–water partition coefficient (Wildman–Crippen LogP) is 1.18. The molecule has 0 radical (unpaired) electrons. The van der Waals surface area contributed by atoms with Crippen LogP contribution in [0.4, 0.5) is 0 Å². The van der Waals surface area contributed by atoms with E-state index in [2.05, 4.69) is 6.07 Å². The Morgan fingerprint density at radius 1 is 1.40 bits per heavy atom. The van der Waals surface area contributed by atoms with Crippen LogP contribution in [0.1, 0.15) is 10.4 Å². The van der Waals surface area contributed by atoms with Gasteiger partial charge in [-0.3, -0.25) is 0 Å². The molecule has 0 spiro atoms. The minimum absolute atomic E-state index is 0. The van der Waals surface area contributed by atoms with Gasteiger partial charge in [0.25, 0.3) is 0 Å². The van der Waals surface area contributed by atoms with Crippen molar-refractivity contribution in [2.45, 2.75) is 0 Å². The normalized spacial score (nSPS) is 8.00. The van der Waals surface area contributed by atoms with E-state index in [1.807, 2.05) is 0 Å². The first-order valence-electron chi connectivity index (χ1n) is 2.50. The second-order valence-electron chi connectivity index (χ2n) is 1.59. The van der Waals surface area contributed by atoms with Crippen molar-refractivity contribution in [1.29, 1.82) is 0 Å². The van der Waals surface area contributed by atoms with Crippen molar-refractivity contribution in [3.8, 4) is 0 Å². The van der Waals surface area contributed by atoms with Crippen molar-refractivity contribution < 1.29 is 30.3 Å². The number of carbonyl (C=O) groups is 1. The number of benzene rings is 1. The maximum absolute atomic E-state index is 10.2. The van der Waals surface area contributed by atoms with E-state index in [0.717, 1.165) is 0 Å². The molecule has 56 valence electrons. The fraction of sp³-hybridized carbons (Fsp3) is 0.